The van der Waals surface area contributed by atoms with E-state index in [1.165, 1.54) is 7.11 Å². The van der Waals surface area contributed by atoms with Crippen molar-refractivity contribution in [2.75, 3.05) is 7.11 Å². The summed E-state index contributed by atoms with van der Waals surface area (Å²) >= 11 is 0. The van der Waals surface area contributed by atoms with Crippen LogP contribution in [0.15, 0.2) is 34.7 Å². The second-order valence-electron chi connectivity index (χ2n) is 3.68. The second kappa shape index (κ2) is 4.81. The second-order valence-corrected chi connectivity index (χ2v) is 3.68. The molecular formula is C12H10N2O5. The number of hydrogen-bond acceptors (Lipinski definition) is 5. The molecule has 0 saturated heterocycles. The van der Waals surface area contributed by atoms with E-state index in [0.29, 0.717) is 11.3 Å². The molecule has 1 amide bonds. The molecule has 19 heavy (non-hydrogen) atoms. The van der Waals surface area contributed by atoms with Crippen LogP contribution in [0.4, 0.5) is 5.88 Å². The summed E-state index contributed by atoms with van der Waals surface area (Å²) in [6, 6.07) is 7.86. The van der Waals surface area contributed by atoms with E-state index in [-0.39, 0.29) is 11.3 Å². The molecular weight excluding hydrogens is 252 g/mol. The van der Waals surface area contributed by atoms with Gasteiger partial charge in [0.25, 0.3) is 5.91 Å². The van der Waals surface area contributed by atoms with Crippen LogP contribution < -0.4 is 10.5 Å². The van der Waals surface area contributed by atoms with E-state index in [1.807, 2.05) is 0 Å². The Morgan fingerprint density at radius 3 is 2.74 bits per heavy atom. The smallest absolute Gasteiger partial charge is 0.434 e. The van der Waals surface area contributed by atoms with Crippen LogP contribution in [-0.4, -0.2) is 17.9 Å². The molecule has 1 aromatic carbocycles. The molecule has 7 nitrogen and oxygen atoms in total. The molecule has 98 valence electrons. The SMILES string of the molecule is COc1cccc(-c2cc([N+](=O)[O-])oc2C(N)=O)c1. The summed E-state index contributed by atoms with van der Waals surface area (Å²) in [6.45, 7) is 0. The van der Waals surface area contributed by atoms with Crippen molar-refractivity contribution in [3.8, 4) is 16.9 Å². The molecule has 1 heterocycles. The fourth-order valence-electron chi connectivity index (χ4n) is 1.66. The summed E-state index contributed by atoms with van der Waals surface area (Å²) in [5.41, 5.74) is 5.96. The van der Waals surface area contributed by atoms with Crippen LogP contribution in [0.2, 0.25) is 0 Å². The Balaban J connectivity index is 2.59. The van der Waals surface area contributed by atoms with E-state index >= 15 is 0 Å². The Hall–Kier alpha value is -2.83. The summed E-state index contributed by atoms with van der Waals surface area (Å²) in [5, 5.41) is 10.7. The number of methoxy groups -OCH3 is 1. The van der Waals surface area contributed by atoms with Crippen LogP contribution in [0.5, 0.6) is 5.75 Å². The molecule has 0 fully saturated rings. The van der Waals surface area contributed by atoms with Crippen LogP contribution in [0.3, 0.4) is 0 Å². The molecule has 0 aliphatic heterocycles. The van der Waals surface area contributed by atoms with Gasteiger partial charge in [-0.25, -0.2) is 0 Å². The van der Waals surface area contributed by atoms with E-state index in [1.54, 1.807) is 24.3 Å². The van der Waals surface area contributed by atoms with Crippen molar-refractivity contribution in [3.63, 3.8) is 0 Å². The van der Waals surface area contributed by atoms with Gasteiger partial charge in [0.15, 0.2) is 0 Å². The first-order chi connectivity index (χ1) is 9.02. The molecule has 7 heteroatoms. The highest BCUT2D eigenvalue weighted by Gasteiger charge is 2.23. The van der Waals surface area contributed by atoms with Gasteiger partial charge in [0.2, 0.25) is 5.76 Å². The van der Waals surface area contributed by atoms with Crippen LogP contribution >= 0.6 is 0 Å². The van der Waals surface area contributed by atoms with Gasteiger partial charge >= 0.3 is 5.88 Å². The van der Waals surface area contributed by atoms with Gasteiger partial charge in [0, 0.05) is 5.56 Å². The minimum absolute atomic E-state index is 0.250. The number of primary amides is 1. The molecule has 0 radical (unpaired) electrons. The summed E-state index contributed by atoms with van der Waals surface area (Å²) in [7, 11) is 1.49. The van der Waals surface area contributed by atoms with Gasteiger partial charge in [0.1, 0.15) is 10.7 Å². The highest BCUT2D eigenvalue weighted by Crippen LogP contribution is 2.32. The average molecular weight is 262 g/mol. The molecule has 1 aromatic heterocycles. The van der Waals surface area contributed by atoms with Crippen molar-refractivity contribution in [1.82, 2.24) is 0 Å². The fraction of sp³-hybridized carbons (Fsp3) is 0.0833. The summed E-state index contributed by atoms with van der Waals surface area (Å²) in [5.74, 6) is -1.10. The number of benzene rings is 1. The maximum atomic E-state index is 11.3. The van der Waals surface area contributed by atoms with E-state index in [0.717, 1.165) is 6.07 Å². The van der Waals surface area contributed by atoms with Crippen LogP contribution in [-0.2, 0) is 0 Å². The molecule has 0 saturated carbocycles. The zero-order valence-corrected chi connectivity index (χ0v) is 9.95. The van der Waals surface area contributed by atoms with E-state index < -0.39 is 16.7 Å². The van der Waals surface area contributed by atoms with Crippen LogP contribution in [0.1, 0.15) is 10.6 Å². The van der Waals surface area contributed by atoms with Gasteiger partial charge in [-0.15, -0.1) is 0 Å². The van der Waals surface area contributed by atoms with Crippen molar-refractivity contribution in [2.24, 2.45) is 5.73 Å². The highest BCUT2D eigenvalue weighted by atomic mass is 16.6. The summed E-state index contributed by atoms with van der Waals surface area (Å²) in [6.07, 6.45) is 0. The minimum atomic E-state index is -0.870. The molecule has 2 aromatic rings. The Kier molecular flexibility index (Phi) is 3.19. The van der Waals surface area contributed by atoms with E-state index in [9.17, 15) is 14.9 Å². The number of carbonyl (C=O) groups excluding carboxylic acids is 1. The zero-order valence-electron chi connectivity index (χ0n) is 9.95. The fourth-order valence-corrected chi connectivity index (χ4v) is 1.66. The normalized spacial score (nSPS) is 10.2. The Morgan fingerprint density at radius 1 is 1.42 bits per heavy atom. The number of rotatable bonds is 4. The largest absolute Gasteiger partial charge is 0.497 e. The average Bonchev–Trinajstić information content (AvgIpc) is 2.84. The van der Waals surface area contributed by atoms with Gasteiger partial charge in [-0.3, -0.25) is 14.9 Å². The van der Waals surface area contributed by atoms with Crippen molar-refractivity contribution < 1.29 is 18.9 Å². The minimum Gasteiger partial charge on any atom is -0.497 e. The molecule has 0 bridgehead atoms. The third-order valence-corrected chi connectivity index (χ3v) is 2.50. The van der Waals surface area contributed by atoms with Crippen molar-refractivity contribution in [3.05, 3.63) is 46.2 Å². The number of amides is 1. The number of furan rings is 1. The lowest BCUT2D eigenvalue weighted by molar-refractivity contribution is -0.402. The number of nitrogens with zero attached hydrogens (tertiary/aromatic N) is 1. The van der Waals surface area contributed by atoms with Gasteiger partial charge < -0.3 is 14.9 Å². The number of hydrogen-bond donors (Lipinski definition) is 1. The lowest BCUT2D eigenvalue weighted by Gasteiger charge is -2.02. The first kappa shape index (κ1) is 12.6. The third-order valence-electron chi connectivity index (χ3n) is 2.50. The van der Waals surface area contributed by atoms with Crippen molar-refractivity contribution >= 4 is 11.8 Å². The van der Waals surface area contributed by atoms with E-state index in [4.69, 9.17) is 14.9 Å². The standard InChI is InChI=1S/C12H10N2O5/c1-18-8-4-2-3-7(5-8)9-6-10(14(16)17)19-11(9)12(13)15/h2-6H,1H3,(H2,13,15). The predicted molar refractivity (Wildman–Crippen MR) is 65.9 cm³/mol. The van der Waals surface area contributed by atoms with Crippen molar-refractivity contribution in [1.29, 1.82) is 0 Å². The van der Waals surface area contributed by atoms with Crippen molar-refractivity contribution in [2.45, 2.75) is 0 Å². The van der Waals surface area contributed by atoms with Crippen LogP contribution in [0, 0.1) is 10.1 Å². The van der Waals surface area contributed by atoms with Gasteiger partial charge in [-0.2, -0.15) is 0 Å². The Labute approximate surface area is 107 Å². The molecule has 0 aliphatic rings. The summed E-state index contributed by atoms with van der Waals surface area (Å²) in [4.78, 5) is 21.2. The number of nitro groups is 1. The molecule has 0 spiro atoms. The molecule has 2 N–H and O–H groups in total. The number of carbonyl (C=O) groups is 1. The lowest BCUT2D eigenvalue weighted by Crippen LogP contribution is -2.10. The van der Waals surface area contributed by atoms with Gasteiger partial charge in [0.05, 0.1) is 13.2 Å². The van der Waals surface area contributed by atoms with E-state index in [2.05, 4.69) is 0 Å². The Bertz CT molecular complexity index is 647. The molecule has 0 atom stereocenters. The Morgan fingerprint density at radius 2 is 2.16 bits per heavy atom. The maximum Gasteiger partial charge on any atom is 0.434 e. The maximum absolute atomic E-state index is 11.3. The van der Waals surface area contributed by atoms with Gasteiger partial charge in [-0.1, -0.05) is 12.1 Å². The highest BCUT2D eigenvalue weighted by molar-refractivity contribution is 5.97. The quantitative estimate of drug-likeness (QED) is 0.669. The molecule has 0 aliphatic carbocycles. The first-order valence-electron chi connectivity index (χ1n) is 5.25. The number of ether oxygens (including phenoxy) is 1. The summed E-state index contributed by atoms with van der Waals surface area (Å²) < 4.78 is 9.90. The predicted octanol–water partition coefficient (Wildman–Crippen LogP) is 1.96. The first-order valence-corrected chi connectivity index (χ1v) is 5.25. The number of nitrogens with two attached hydrogens (primary N) is 1. The lowest BCUT2D eigenvalue weighted by atomic mass is 10.1. The van der Waals surface area contributed by atoms with Crippen LogP contribution in [0.25, 0.3) is 11.1 Å². The zero-order chi connectivity index (χ0) is 14.0. The monoisotopic (exact) mass is 262 g/mol. The topological polar surface area (TPSA) is 109 Å². The molecule has 2 rings (SSSR count). The molecule has 0 unspecified atom stereocenters. The third kappa shape index (κ3) is 2.39. The van der Waals surface area contributed by atoms with Gasteiger partial charge in [-0.05, 0) is 17.7 Å².